The van der Waals surface area contributed by atoms with Gasteiger partial charge < -0.3 is 19.0 Å². The van der Waals surface area contributed by atoms with Gasteiger partial charge >= 0.3 is 0 Å². The van der Waals surface area contributed by atoms with E-state index in [4.69, 9.17) is 13.9 Å². The predicted molar refractivity (Wildman–Crippen MR) is 63.4 cm³/mol. The third-order valence-corrected chi connectivity index (χ3v) is 4.32. The highest BCUT2D eigenvalue weighted by Crippen LogP contribution is 2.46. The first-order valence-corrected chi connectivity index (χ1v) is 6.67. The zero-order valence-electron chi connectivity index (χ0n) is 9.45. The summed E-state index contributed by atoms with van der Waals surface area (Å²) in [4.78, 5) is 0. The van der Waals surface area contributed by atoms with Gasteiger partial charge in [0.2, 0.25) is 0 Å². The largest absolute Gasteiger partial charge is 0.465 e. The van der Waals surface area contributed by atoms with E-state index in [0.717, 1.165) is 4.47 Å². The Bertz CT molecular complexity index is 398. The van der Waals surface area contributed by atoms with Crippen LogP contribution >= 0.6 is 15.9 Å². The molecule has 0 radical (unpaired) electrons. The van der Waals surface area contributed by atoms with E-state index in [1.165, 1.54) is 0 Å². The fourth-order valence-corrected chi connectivity index (χ4v) is 3.25. The van der Waals surface area contributed by atoms with E-state index >= 15 is 0 Å². The van der Waals surface area contributed by atoms with Crippen LogP contribution in [0.2, 0.25) is 0 Å². The molecule has 1 aliphatic carbocycles. The monoisotopic (exact) mass is 302 g/mol. The third-order valence-electron chi connectivity index (χ3n) is 3.69. The van der Waals surface area contributed by atoms with Gasteiger partial charge in [0.05, 0.1) is 23.9 Å². The first-order chi connectivity index (χ1) is 8.14. The summed E-state index contributed by atoms with van der Waals surface area (Å²) in [7, 11) is 0. The first-order valence-electron chi connectivity index (χ1n) is 5.87. The summed E-state index contributed by atoms with van der Waals surface area (Å²) >= 11 is 3.40. The minimum atomic E-state index is -0.900. The third kappa shape index (κ3) is 1.95. The maximum Gasteiger partial charge on any atom is 0.168 e. The quantitative estimate of drug-likeness (QED) is 0.866. The van der Waals surface area contributed by atoms with Crippen LogP contribution in [0.1, 0.15) is 31.4 Å². The van der Waals surface area contributed by atoms with Crippen molar-refractivity contribution in [3.63, 3.8) is 0 Å². The van der Waals surface area contributed by atoms with Crippen LogP contribution in [0.25, 0.3) is 0 Å². The van der Waals surface area contributed by atoms with E-state index in [9.17, 15) is 5.11 Å². The zero-order valence-corrected chi connectivity index (χ0v) is 11.0. The first kappa shape index (κ1) is 11.7. The van der Waals surface area contributed by atoms with Crippen LogP contribution in [0.3, 0.4) is 0 Å². The van der Waals surface area contributed by atoms with Crippen molar-refractivity contribution >= 4 is 15.9 Å². The van der Waals surface area contributed by atoms with Gasteiger partial charge in [0.15, 0.2) is 5.79 Å². The standard InChI is InChI=1S/C12H15BrO4/c13-9-1-6-15-10(9)11(14)2-4-12(5-3-11)16-7-8-17-12/h1,6,14H,2-5,7-8H2. The fourth-order valence-electron chi connectivity index (χ4n) is 2.68. The molecule has 1 N–H and O–H groups in total. The molecule has 1 aromatic rings. The molecule has 0 bridgehead atoms. The lowest BCUT2D eigenvalue weighted by atomic mass is 9.80. The van der Waals surface area contributed by atoms with Crippen molar-refractivity contribution in [2.75, 3.05) is 13.2 Å². The van der Waals surface area contributed by atoms with Gasteiger partial charge in [-0.3, -0.25) is 0 Å². The van der Waals surface area contributed by atoms with Crippen molar-refractivity contribution in [2.45, 2.75) is 37.1 Å². The average molecular weight is 303 g/mol. The zero-order chi connectivity index (χ0) is 11.9. The molecule has 1 saturated heterocycles. The molecule has 1 aliphatic heterocycles. The Morgan fingerprint density at radius 3 is 2.29 bits per heavy atom. The molecule has 0 aromatic carbocycles. The number of ether oxygens (including phenoxy) is 2. The molecular weight excluding hydrogens is 288 g/mol. The van der Waals surface area contributed by atoms with Crippen molar-refractivity contribution in [1.82, 2.24) is 0 Å². The van der Waals surface area contributed by atoms with E-state index in [0.29, 0.717) is 44.7 Å². The number of hydrogen-bond acceptors (Lipinski definition) is 4. The summed E-state index contributed by atoms with van der Waals surface area (Å²) in [6.45, 7) is 1.31. The SMILES string of the molecule is OC1(c2occc2Br)CCC2(CC1)OCCO2. The molecule has 0 atom stereocenters. The van der Waals surface area contributed by atoms with E-state index < -0.39 is 11.4 Å². The second-order valence-electron chi connectivity index (χ2n) is 4.74. The van der Waals surface area contributed by atoms with Gasteiger partial charge in [0, 0.05) is 12.8 Å². The van der Waals surface area contributed by atoms with Crippen LogP contribution < -0.4 is 0 Å². The highest BCUT2D eigenvalue weighted by molar-refractivity contribution is 9.10. The minimum Gasteiger partial charge on any atom is -0.465 e. The van der Waals surface area contributed by atoms with Gasteiger partial charge in [-0.2, -0.15) is 0 Å². The Morgan fingerprint density at radius 2 is 1.76 bits per heavy atom. The second-order valence-corrected chi connectivity index (χ2v) is 5.59. The number of hydrogen-bond donors (Lipinski definition) is 1. The van der Waals surface area contributed by atoms with E-state index in [-0.39, 0.29) is 0 Å². The lowest BCUT2D eigenvalue weighted by Crippen LogP contribution is -2.42. The average Bonchev–Trinajstić information content (AvgIpc) is 2.94. The van der Waals surface area contributed by atoms with Crippen LogP contribution in [0, 0.1) is 0 Å². The summed E-state index contributed by atoms with van der Waals surface area (Å²) in [6, 6.07) is 1.81. The molecule has 2 heterocycles. The number of aliphatic hydroxyl groups is 1. The van der Waals surface area contributed by atoms with Crippen molar-refractivity contribution in [3.05, 3.63) is 22.6 Å². The summed E-state index contributed by atoms with van der Waals surface area (Å²) < 4.78 is 17.5. The highest BCUT2D eigenvalue weighted by atomic mass is 79.9. The van der Waals surface area contributed by atoms with Crippen LogP contribution in [0.15, 0.2) is 21.2 Å². The summed E-state index contributed by atoms with van der Waals surface area (Å²) in [5.41, 5.74) is -0.900. The predicted octanol–water partition coefficient (Wildman–Crippen LogP) is 2.55. The van der Waals surface area contributed by atoms with Crippen molar-refractivity contribution in [1.29, 1.82) is 0 Å². The molecule has 1 aromatic heterocycles. The van der Waals surface area contributed by atoms with Crippen LogP contribution in [0.5, 0.6) is 0 Å². The molecule has 94 valence electrons. The van der Waals surface area contributed by atoms with Gasteiger partial charge in [0.1, 0.15) is 11.4 Å². The molecule has 2 fully saturated rings. The summed E-state index contributed by atoms with van der Waals surface area (Å²) in [5, 5.41) is 10.6. The topological polar surface area (TPSA) is 51.8 Å². The Labute approximate surface area is 108 Å². The normalized spacial score (nSPS) is 26.5. The molecule has 0 unspecified atom stereocenters. The van der Waals surface area contributed by atoms with Crippen LogP contribution in [-0.2, 0) is 15.1 Å². The molecule has 1 spiro atoms. The molecule has 4 nitrogen and oxygen atoms in total. The molecule has 0 amide bonds. The maximum atomic E-state index is 10.6. The van der Waals surface area contributed by atoms with Gasteiger partial charge in [-0.1, -0.05) is 0 Å². The maximum absolute atomic E-state index is 10.6. The van der Waals surface area contributed by atoms with Crippen molar-refractivity contribution in [3.8, 4) is 0 Å². The highest BCUT2D eigenvalue weighted by Gasteiger charge is 2.48. The van der Waals surface area contributed by atoms with Crippen molar-refractivity contribution in [2.24, 2.45) is 0 Å². The van der Waals surface area contributed by atoms with E-state index in [1.54, 1.807) is 12.3 Å². The Kier molecular flexibility index (Phi) is 2.82. The van der Waals surface area contributed by atoms with Crippen LogP contribution in [-0.4, -0.2) is 24.1 Å². The van der Waals surface area contributed by atoms with Gasteiger partial charge in [-0.15, -0.1) is 0 Å². The lowest BCUT2D eigenvalue weighted by Gasteiger charge is -2.39. The molecule has 5 heteroatoms. The lowest BCUT2D eigenvalue weighted by molar-refractivity contribution is -0.206. The fraction of sp³-hybridized carbons (Fsp3) is 0.667. The summed E-state index contributed by atoms with van der Waals surface area (Å²) in [6.07, 6.45) is 4.19. The number of halogens is 1. The number of rotatable bonds is 1. The van der Waals surface area contributed by atoms with Gasteiger partial charge in [-0.25, -0.2) is 0 Å². The Balaban J connectivity index is 1.77. The Hall–Kier alpha value is -0.360. The molecule has 2 aliphatic rings. The van der Waals surface area contributed by atoms with Crippen LogP contribution in [0.4, 0.5) is 0 Å². The number of furan rings is 1. The van der Waals surface area contributed by atoms with Gasteiger partial charge in [-0.05, 0) is 34.8 Å². The van der Waals surface area contributed by atoms with Crippen molar-refractivity contribution < 1.29 is 19.0 Å². The second kappa shape index (κ2) is 4.09. The van der Waals surface area contributed by atoms with E-state index in [2.05, 4.69) is 15.9 Å². The molecule has 3 rings (SSSR count). The van der Waals surface area contributed by atoms with Gasteiger partial charge in [0.25, 0.3) is 0 Å². The Morgan fingerprint density at radius 1 is 1.12 bits per heavy atom. The molecular formula is C12H15BrO4. The minimum absolute atomic E-state index is 0.453. The molecule has 17 heavy (non-hydrogen) atoms. The smallest absolute Gasteiger partial charge is 0.168 e. The molecule has 1 saturated carbocycles. The van der Waals surface area contributed by atoms with E-state index in [1.807, 2.05) is 0 Å². The summed E-state index contributed by atoms with van der Waals surface area (Å²) in [5.74, 6) is 0.163.